The molecule has 1 unspecified atom stereocenters. The number of anilines is 2. The molecule has 19 heavy (non-hydrogen) atoms. The number of halogens is 1. The van der Waals surface area contributed by atoms with E-state index in [2.05, 4.69) is 30.6 Å². The summed E-state index contributed by atoms with van der Waals surface area (Å²) in [6, 6.07) is 5.73. The first kappa shape index (κ1) is 13.5. The van der Waals surface area contributed by atoms with Crippen LogP contribution in [0.25, 0.3) is 0 Å². The van der Waals surface area contributed by atoms with Crippen LogP contribution in [0.15, 0.2) is 24.4 Å². The van der Waals surface area contributed by atoms with Gasteiger partial charge in [0.05, 0.1) is 11.7 Å². The van der Waals surface area contributed by atoms with Crippen LogP contribution in [-0.4, -0.2) is 26.5 Å². The first-order valence-electron chi connectivity index (χ1n) is 6.02. The summed E-state index contributed by atoms with van der Waals surface area (Å²) in [7, 11) is 0. The van der Waals surface area contributed by atoms with Gasteiger partial charge in [-0.1, -0.05) is 6.07 Å². The highest BCUT2D eigenvalue weighted by Gasteiger charge is 2.10. The summed E-state index contributed by atoms with van der Waals surface area (Å²) >= 11 is 5.86. The second kappa shape index (κ2) is 6.29. The lowest BCUT2D eigenvalue weighted by Crippen LogP contribution is -2.13. The Labute approximate surface area is 116 Å². The van der Waals surface area contributed by atoms with Crippen molar-refractivity contribution in [2.24, 2.45) is 0 Å². The van der Waals surface area contributed by atoms with Crippen molar-refractivity contribution in [1.82, 2.24) is 19.9 Å². The lowest BCUT2D eigenvalue weighted by Gasteiger charge is -2.13. The van der Waals surface area contributed by atoms with Gasteiger partial charge in [0.15, 0.2) is 0 Å². The fraction of sp³-hybridized carbons (Fsp3) is 0.333. The number of pyridine rings is 1. The molecule has 0 spiro atoms. The Morgan fingerprint density at radius 3 is 2.68 bits per heavy atom. The fourth-order valence-electron chi connectivity index (χ4n) is 1.55. The molecule has 100 valence electrons. The quantitative estimate of drug-likeness (QED) is 0.875. The van der Waals surface area contributed by atoms with E-state index in [0.29, 0.717) is 11.9 Å². The number of aromatic nitrogens is 4. The number of hydrogen-bond acceptors (Lipinski definition) is 6. The zero-order chi connectivity index (χ0) is 13.7. The van der Waals surface area contributed by atoms with Gasteiger partial charge in [-0.25, -0.2) is 0 Å². The monoisotopic (exact) mass is 278 g/mol. The largest absolute Gasteiger partial charge is 0.354 e. The van der Waals surface area contributed by atoms with Gasteiger partial charge in [0.1, 0.15) is 0 Å². The minimum absolute atomic E-state index is 0.0193. The highest BCUT2D eigenvalue weighted by Crippen LogP contribution is 2.16. The van der Waals surface area contributed by atoms with Gasteiger partial charge >= 0.3 is 0 Å². The predicted molar refractivity (Wildman–Crippen MR) is 75.3 cm³/mol. The molecule has 0 amide bonds. The SMILES string of the molecule is CCNc1nc(Cl)nc(NC(C)c2ccccn2)n1. The van der Waals surface area contributed by atoms with E-state index in [4.69, 9.17) is 11.6 Å². The molecule has 6 nitrogen and oxygen atoms in total. The molecule has 0 aliphatic heterocycles. The second-order valence-corrected chi connectivity index (χ2v) is 4.24. The molecular formula is C12H15ClN6. The molecule has 0 aliphatic carbocycles. The number of rotatable bonds is 5. The first-order chi connectivity index (χ1) is 9.19. The molecule has 2 aromatic rings. The van der Waals surface area contributed by atoms with Crippen LogP contribution < -0.4 is 10.6 Å². The molecule has 0 radical (unpaired) electrons. The molecule has 1 atom stereocenters. The predicted octanol–water partition coefficient (Wildman–Crippen LogP) is 2.52. The third kappa shape index (κ3) is 3.75. The molecule has 7 heteroatoms. The molecule has 0 aliphatic rings. The van der Waals surface area contributed by atoms with Crippen molar-refractivity contribution in [1.29, 1.82) is 0 Å². The standard InChI is InChI=1S/C12H15ClN6/c1-3-14-11-17-10(13)18-12(19-11)16-8(2)9-6-4-5-7-15-9/h4-8H,3H2,1-2H3,(H2,14,16,17,18,19). The Balaban J connectivity index is 2.14. The van der Waals surface area contributed by atoms with E-state index in [1.54, 1.807) is 6.20 Å². The summed E-state index contributed by atoms with van der Waals surface area (Å²) in [5.74, 6) is 0.882. The van der Waals surface area contributed by atoms with Gasteiger partial charge in [0.25, 0.3) is 0 Å². The Bertz CT molecular complexity index is 533. The third-order valence-electron chi connectivity index (χ3n) is 2.42. The van der Waals surface area contributed by atoms with Crippen LogP contribution in [0.5, 0.6) is 0 Å². The zero-order valence-corrected chi connectivity index (χ0v) is 11.5. The zero-order valence-electron chi connectivity index (χ0n) is 10.8. The van der Waals surface area contributed by atoms with Gasteiger partial charge in [-0.2, -0.15) is 15.0 Å². The second-order valence-electron chi connectivity index (χ2n) is 3.90. The normalized spacial score (nSPS) is 11.9. The molecule has 2 rings (SSSR count). The van der Waals surface area contributed by atoms with Crippen LogP contribution in [0.1, 0.15) is 25.6 Å². The van der Waals surface area contributed by atoms with Crippen LogP contribution in [-0.2, 0) is 0 Å². The maximum absolute atomic E-state index is 5.86. The van der Waals surface area contributed by atoms with Crippen molar-refractivity contribution in [2.45, 2.75) is 19.9 Å². The molecule has 0 bridgehead atoms. The summed E-state index contributed by atoms with van der Waals surface area (Å²) in [6.07, 6.45) is 1.75. The van der Waals surface area contributed by atoms with Crippen molar-refractivity contribution in [3.05, 3.63) is 35.4 Å². The van der Waals surface area contributed by atoms with Crippen molar-refractivity contribution in [3.8, 4) is 0 Å². The minimum Gasteiger partial charge on any atom is -0.354 e. The van der Waals surface area contributed by atoms with Crippen molar-refractivity contribution < 1.29 is 0 Å². The van der Waals surface area contributed by atoms with Crippen molar-refractivity contribution >= 4 is 23.5 Å². The van der Waals surface area contributed by atoms with Gasteiger partial charge in [-0.3, -0.25) is 4.98 Å². The molecule has 0 aromatic carbocycles. The average Bonchev–Trinajstić information content (AvgIpc) is 2.39. The van der Waals surface area contributed by atoms with Crippen molar-refractivity contribution in [2.75, 3.05) is 17.2 Å². The summed E-state index contributed by atoms with van der Waals surface area (Å²) < 4.78 is 0. The van der Waals surface area contributed by atoms with Gasteiger partial charge in [-0.15, -0.1) is 0 Å². The van der Waals surface area contributed by atoms with Gasteiger partial charge in [0, 0.05) is 12.7 Å². The van der Waals surface area contributed by atoms with E-state index in [0.717, 1.165) is 12.2 Å². The smallest absolute Gasteiger partial charge is 0.229 e. The van der Waals surface area contributed by atoms with E-state index in [1.165, 1.54) is 0 Å². The van der Waals surface area contributed by atoms with Crippen LogP contribution in [0.3, 0.4) is 0 Å². The van der Waals surface area contributed by atoms with Gasteiger partial charge < -0.3 is 10.6 Å². The van der Waals surface area contributed by atoms with E-state index in [-0.39, 0.29) is 11.3 Å². The summed E-state index contributed by atoms with van der Waals surface area (Å²) in [5.41, 5.74) is 0.907. The highest BCUT2D eigenvalue weighted by molar-refractivity contribution is 6.28. The number of hydrogen-bond donors (Lipinski definition) is 2. The molecule has 0 saturated carbocycles. The van der Waals surface area contributed by atoms with Crippen LogP contribution in [0.4, 0.5) is 11.9 Å². The minimum atomic E-state index is -0.0193. The van der Waals surface area contributed by atoms with Crippen LogP contribution in [0.2, 0.25) is 5.28 Å². The van der Waals surface area contributed by atoms with E-state index < -0.39 is 0 Å². The maximum Gasteiger partial charge on any atom is 0.229 e. The molecular weight excluding hydrogens is 264 g/mol. The maximum atomic E-state index is 5.86. The number of nitrogens with one attached hydrogen (secondary N) is 2. The molecule has 0 saturated heterocycles. The fourth-order valence-corrected chi connectivity index (χ4v) is 1.71. The average molecular weight is 279 g/mol. The summed E-state index contributed by atoms with van der Waals surface area (Å²) in [4.78, 5) is 16.5. The number of nitrogens with zero attached hydrogens (tertiary/aromatic N) is 4. The van der Waals surface area contributed by atoms with E-state index in [9.17, 15) is 0 Å². The summed E-state index contributed by atoms with van der Waals surface area (Å²) in [6.45, 7) is 4.66. The topological polar surface area (TPSA) is 75.6 Å². The molecule has 0 fully saturated rings. The van der Waals surface area contributed by atoms with Crippen molar-refractivity contribution in [3.63, 3.8) is 0 Å². The van der Waals surface area contributed by atoms with Crippen LogP contribution in [0, 0.1) is 0 Å². The van der Waals surface area contributed by atoms with Gasteiger partial charge in [-0.05, 0) is 37.6 Å². The lowest BCUT2D eigenvalue weighted by atomic mass is 10.2. The van der Waals surface area contributed by atoms with E-state index >= 15 is 0 Å². The summed E-state index contributed by atoms with van der Waals surface area (Å²) in [5, 5.41) is 6.30. The Morgan fingerprint density at radius 1 is 1.21 bits per heavy atom. The Kier molecular flexibility index (Phi) is 4.46. The lowest BCUT2D eigenvalue weighted by molar-refractivity contribution is 0.817. The Hall–Kier alpha value is -1.95. The Morgan fingerprint density at radius 2 is 2.00 bits per heavy atom. The highest BCUT2D eigenvalue weighted by atomic mass is 35.5. The molecule has 2 aromatic heterocycles. The van der Waals surface area contributed by atoms with E-state index in [1.807, 2.05) is 32.0 Å². The molecule has 2 N–H and O–H groups in total. The van der Waals surface area contributed by atoms with Crippen LogP contribution >= 0.6 is 11.6 Å². The third-order valence-corrected chi connectivity index (χ3v) is 2.59. The van der Waals surface area contributed by atoms with Gasteiger partial charge in [0.2, 0.25) is 17.2 Å². The first-order valence-corrected chi connectivity index (χ1v) is 6.39. The molecule has 2 heterocycles.